The lowest BCUT2D eigenvalue weighted by molar-refractivity contribution is 0.466. The summed E-state index contributed by atoms with van der Waals surface area (Å²) in [6, 6.07) is 4.10. The van der Waals surface area contributed by atoms with Crippen LogP contribution in [0, 0.1) is 0 Å². The maximum absolute atomic E-state index is 10.2. The second-order valence-electron chi connectivity index (χ2n) is 4.22. The van der Waals surface area contributed by atoms with E-state index in [4.69, 9.17) is 5.73 Å². The SMILES string of the molecule is CCc1ccc(C(C)C)c(/C=C/CN)c1O. The maximum Gasteiger partial charge on any atom is 0.126 e. The first-order valence-corrected chi connectivity index (χ1v) is 5.83. The van der Waals surface area contributed by atoms with E-state index in [0.717, 1.165) is 17.5 Å². The molecule has 1 rings (SSSR count). The molecule has 2 nitrogen and oxygen atoms in total. The molecule has 0 aliphatic heterocycles. The molecule has 0 atom stereocenters. The number of benzene rings is 1. The highest BCUT2D eigenvalue weighted by Gasteiger charge is 2.11. The average molecular weight is 219 g/mol. The Morgan fingerprint density at radius 1 is 1.38 bits per heavy atom. The van der Waals surface area contributed by atoms with Crippen LogP contribution >= 0.6 is 0 Å². The second kappa shape index (κ2) is 5.71. The number of aryl methyl sites for hydroxylation is 1. The fraction of sp³-hybridized carbons (Fsp3) is 0.429. The quantitative estimate of drug-likeness (QED) is 0.817. The Balaban J connectivity index is 3.30. The monoisotopic (exact) mass is 219 g/mol. The zero-order valence-electron chi connectivity index (χ0n) is 10.3. The Kier molecular flexibility index (Phi) is 4.56. The van der Waals surface area contributed by atoms with Gasteiger partial charge in [-0.2, -0.15) is 0 Å². The molecule has 0 heterocycles. The number of nitrogens with two attached hydrogens (primary N) is 1. The number of phenols is 1. The van der Waals surface area contributed by atoms with Crippen LogP contribution in [-0.2, 0) is 6.42 Å². The number of aromatic hydroxyl groups is 1. The summed E-state index contributed by atoms with van der Waals surface area (Å²) in [6.45, 7) is 6.79. The van der Waals surface area contributed by atoms with Gasteiger partial charge < -0.3 is 10.8 Å². The van der Waals surface area contributed by atoms with Gasteiger partial charge in [0, 0.05) is 12.1 Å². The summed E-state index contributed by atoms with van der Waals surface area (Å²) in [5.74, 6) is 0.799. The maximum atomic E-state index is 10.2. The first-order valence-electron chi connectivity index (χ1n) is 5.83. The van der Waals surface area contributed by atoms with E-state index in [0.29, 0.717) is 18.2 Å². The van der Waals surface area contributed by atoms with Crippen molar-refractivity contribution in [2.45, 2.75) is 33.1 Å². The van der Waals surface area contributed by atoms with Crippen LogP contribution in [-0.4, -0.2) is 11.7 Å². The van der Waals surface area contributed by atoms with Crippen molar-refractivity contribution in [3.05, 3.63) is 34.9 Å². The molecule has 2 heteroatoms. The van der Waals surface area contributed by atoms with Crippen molar-refractivity contribution in [3.8, 4) is 5.75 Å². The molecule has 0 aliphatic carbocycles. The largest absolute Gasteiger partial charge is 0.507 e. The van der Waals surface area contributed by atoms with Gasteiger partial charge in [0.15, 0.2) is 0 Å². The van der Waals surface area contributed by atoms with Gasteiger partial charge in [-0.15, -0.1) is 0 Å². The van der Waals surface area contributed by atoms with Crippen LogP contribution in [0.4, 0.5) is 0 Å². The highest BCUT2D eigenvalue weighted by atomic mass is 16.3. The molecule has 0 spiro atoms. The molecule has 0 amide bonds. The topological polar surface area (TPSA) is 46.2 Å². The molecule has 1 aromatic rings. The first-order chi connectivity index (χ1) is 7.61. The molecule has 0 saturated carbocycles. The molecule has 88 valence electrons. The van der Waals surface area contributed by atoms with E-state index in [1.165, 1.54) is 5.56 Å². The molecule has 3 N–H and O–H groups in total. The molecule has 0 unspecified atom stereocenters. The van der Waals surface area contributed by atoms with Crippen LogP contribution in [0.2, 0.25) is 0 Å². The van der Waals surface area contributed by atoms with E-state index in [1.54, 1.807) is 0 Å². The minimum atomic E-state index is 0.397. The van der Waals surface area contributed by atoms with Gasteiger partial charge in [0.25, 0.3) is 0 Å². The molecular formula is C14H21NO. The van der Waals surface area contributed by atoms with Gasteiger partial charge in [-0.05, 0) is 23.5 Å². The Morgan fingerprint density at radius 2 is 2.06 bits per heavy atom. The minimum absolute atomic E-state index is 0.397. The van der Waals surface area contributed by atoms with Crippen molar-refractivity contribution < 1.29 is 5.11 Å². The number of rotatable bonds is 4. The third kappa shape index (κ3) is 2.64. The fourth-order valence-electron chi connectivity index (χ4n) is 1.82. The van der Waals surface area contributed by atoms with Crippen LogP contribution < -0.4 is 5.73 Å². The molecule has 0 fully saturated rings. The molecule has 16 heavy (non-hydrogen) atoms. The van der Waals surface area contributed by atoms with Crippen LogP contribution in [0.15, 0.2) is 18.2 Å². The summed E-state index contributed by atoms with van der Waals surface area (Å²) in [7, 11) is 0. The molecule has 0 aromatic heterocycles. The van der Waals surface area contributed by atoms with E-state index in [9.17, 15) is 5.11 Å². The number of phenolic OH excluding ortho intramolecular Hbond substituents is 1. The van der Waals surface area contributed by atoms with Gasteiger partial charge in [0.2, 0.25) is 0 Å². The van der Waals surface area contributed by atoms with Gasteiger partial charge >= 0.3 is 0 Å². The molecule has 0 bridgehead atoms. The summed E-state index contributed by atoms with van der Waals surface area (Å²) in [5, 5.41) is 10.2. The van der Waals surface area contributed by atoms with Gasteiger partial charge in [-0.1, -0.05) is 45.1 Å². The summed E-state index contributed by atoms with van der Waals surface area (Å²) in [6.07, 6.45) is 4.64. The Morgan fingerprint density at radius 3 is 2.56 bits per heavy atom. The molecular weight excluding hydrogens is 198 g/mol. The highest BCUT2D eigenvalue weighted by molar-refractivity contribution is 5.64. The normalized spacial score (nSPS) is 11.6. The van der Waals surface area contributed by atoms with E-state index in [-0.39, 0.29) is 0 Å². The van der Waals surface area contributed by atoms with E-state index in [1.807, 2.05) is 25.1 Å². The fourth-order valence-corrected chi connectivity index (χ4v) is 1.82. The summed E-state index contributed by atoms with van der Waals surface area (Å²) in [5.41, 5.74) is 8.52. The van der Waals surface area contributed by atoms with Crippen molar-refractivity contribution in [1.82, 2.24) is 0 Å². The lowest BCUT2D eigenvalue weighted by Gasteiger charge is -2.14. The van der Waals surface area contributed by atoms with Gasteiger partial charge in [0.05, 0.1) is 0 Å². The zero-order chi connectivity index (χ0) is 12.1. The summed E-state index contributed by atoms with van der Waals surface area (Å²) < 4.78 is 0. The molecule has 1 aromatic carbocycles. The van der Waals surface area contributed by atoms with E-state index < -0.39 is 0 Å². The molecule has 0 saturated heterocycles. The zero-order valence-corrected chi connectivity index (χ0v) is 10.3. The van der Waals surface area contributed by atoms with Crippen LogP contribution in [0.1, 0.15) is 43.4 Å². The van der Waals surface area contributed by atoms with E-state index >= 15 is 0 Å². The van der Waals surface area contributed by atoms with Gasteiger partial charge in [-0.3, -0.25) is 0 Å². The van der Waals surface area contributed by atoms with Crippen LogP contribution in [0.25, 0.3) is 6.08 Å². The Bertz CT molecular complexity index is 381. The van der Waals surface area contributed by atoms with Gasteiger partial charge in [0.1, 0.15) is 5.75 Å². The van der Waals surface area contributed by atoms with Crippen LogP contribution in [0.3, 0.4) is 0 Å². The minimum Gasteiger partial charge on any atom is -0.507 e. The van der Waals surface area contributed by atoms with Crippen molar-refractivity contribution in [2.24, 2.45) is 5.73 Å². The van der Waals surface area contributed by atoms with Crippen molar-refractivity contribution in [1.29, 1.82) is 0 Å². The molecule has 0 radical (unpaired) electrons. The van der Waals surface area contributed by atoms with Crippen molar-refractivity contribution in [3.63, 3.8) is 0 Å². The molecule has 0 aliphatic rings. The van der Waals surface area contributed by atoms with Gasteiger partial charge in [-0.25, -0.2) is 0 Å². The number of hydrogen-bond acceptors (Lipinski definition) is 2. The standard InChI is InChI=1S/C14H21NO/c1-4-11-7-8-12(10(2)3)13(14(11)16)6-5-9-15/h5-8,10,16H,4,9,15H2,1-3H3/b6-5+. The number of hydrogen-bond donors (Lipinski definition) is 2. The van der Waals surface area contributed by atoms with Crippen molar-refractivity contribution in [2.75, 3.05) is 6.54 Å². The smallest absolute Gasteiger partial charge is 0.126 e. The average Bonchev–Trinajstić information content (AvgIpc) is 2.26. The predicted molar refractivity (Wildman–Crippen MR) is 69.7 cm³/mol. The first kappa shape index (κ1) is 12.8. The summed E-state index contributed by atoms with van der Waals surface area (Å²) >= 11 is 0. The Labute approximate surface area is 97.8 Å². The third-order valence-corrected chi connectivity index (χ3v) is 2.76. The highest BCUT2D eigenvalue weighted by Crippen LogP contribution is 2.31. The lowest BCUT2D eigenvalue weighted by Crippen LogP contribution is -1.97. The third-order valence-electron chi connectivity index (χ3n) is 2.76. The Hall–Kier alpha value is -1.28. The predicted octanol–water partition coefficient (Wildman–Crippen LogP) is 3.05. The second-order valence-corrected chi connectivity index (χ2v) is 4.22. The van der Waals surface area contributed by atoms with Crippen LogP contribution in [0.5, 0.6) is 5.75 Å². The lowest BCUT2D eigenvalue weighted by atomic mass is 9.93. The summed E-state index contributed by atoms with van der Waals surface area (Å²) in [4.78, 5) is 0. The van der Waals surface area contributed by atoms with E-state index in [2.05, 4.69) is 19.9 Å². The van der Waals surface area contributed by atoms with Crippen molar-refractivity contribution >= 4 is 6.08 Å².